The van der Waals surface area contributed by atoms with Crippen molar-refractivity contribution in [3.63, 3.8) is 0 Å². The lowest BCUT2D eigenvalue weighted by Gasteiger charge is -2.34. The molecule has 0 saturated carbocycles. The van der Waals surface area contributed by atoms with Gasteiger partial charge >= 0.3 is 6.18 Å². The van der Waals surface area contributed by atoms with Crippen LogP contribution in [0.25, 0.3) is 0 Å². The van der Waals surface area contributed by atoms with Crippen molar-refractivity contribution in [2.75, 3.05) is 31.1 Å². The molecule has 27 heavy (non-hydrogen) atoms. The molecule has 0 bridgehead atoms. The minimum Gasteiger partial charge on any atom is -0.361 e. The monoisotopic (exact) mass is 418 g/mol. The Morgan fingerprint density at radius 3 is 2.11 bits per heavy atom. The number of halogens is 3. The Kier molecular flexibility index (Phi) is 5.56. The molecular formula is C18H21F3N2O2S2. The summed E-state index contributed by atoms with van der Waals surface area (Å²) in [5.41, 5.74) is 1.28. The molecule has 1 fully saturated rings. The Hall–Kier alpha value is -1.58. The van der Waals surface area contributed by atoms with E-state index in [0.717, 1.165) is 5.00 Å². The molecule has 4 nitrogen and oxygen atoms in total. The normalized spacial score (nSPS) is 16.7. The lowest BCUT2D eigenvalue weighted by Crippen LogP contribution is -2.48. The Bertz CT molecular complexity index is 878. The first-order chi connectivity index (χ1) is 12.6. The maximum Gasteiger partial charge on any atom is 0.393 e. The minimum atomic E-state index is -4.31. The molecule has 0 unspecified atom stereocenters. The second-order valence-corrected chi connectivity index (χ2v) is 9.82. The molecule has 1 saturated heterocycles. The van der Waals surface area contributed by atoms with Crippen molar-refractivity contribution in [1.29, 1.82) is 0 Å². The highest BCUT2D eigenvalue weighted by Gasteiger charge is 2.30. The van der Waals surface area contributed by atoms with Crippen LogP contribution in [0.4, 0.5) is 18.2 Å². The standard InChI is InChI=1S/C18H21F3N2O2S2/c1-13-11-17(26-14(13)2)22-7-9-23(10-8-22)27(24,25)16-5-3-15(4-6-16)12-18(19,20)21/h3-6,11H,7-10,12H2,1-2H3. The lowest BCUT2D eigenvalue weighted by molar-refractivity contribution is -0.127. The van der Waals surface area contributed by atoms with Crippen LogP contribution in [0.3, 0.4) is 0 Å². The third-order valence-corrected chi connectivity index (χ3v) is 7.80. The Balaban J connectivity index is 1.67. The van der Waals surface area contributed by atoms with Crippen molar-refractivity contribution in [3.05, 3.63) is 46.3 Å². The number of thiophene rings is 1. The van der Waals surface area contributed by atoms with E-state index in [1.807, 2.05) is 0 Å². The van der Waals surface area contributed by atoms with Crippen LogP contribution in [0.2, 0.25) is 0 Å². The fourth-order valence-electron chi connectivity index (χ4n) is 3.02. The van der Waals surface area contributed by atoms with Crippen molar-refractivity contribution in [2.24, 2.45) is 0 Å². The molecule has 0 amide bonds. The van der Waals surface area contributed by atoms with E-state index >= 15 is 0 Å². The van der Waals surface area contributed by atoms with Gasteiger partial charge in [-0.15, -0.1) is 11.3 Å². The average Bonchev–Trinajstić information content (AvgIpc) is 2.93. The zero-order valence-corrected chi connectivity index (χ0v) is 16.7. The fraction of sp³-hybridized carbons (Fsp3) is 0.444. The number of benzene rings is 1. The van der Waals surface area contributed by atoms with Gasteiger partial charge in [0.25, 0.3) is 0 Å². The number of aryl methyl sites for hydroxylation is 2. The number of sulfonamides is 1. The predicted molar refractivity (Wildman–Crippen MR) is 101 cm³/mol. The molecule has 2 heterocycles. The van der Waals surface area contributed by atoms with Gasteiger partial charge in [-0.25, -0.2) is 8.42 Å². The zero-order chi connectivity index (χ0) is 19.8. The molecule has 9 heteroatoms. The molecule has 1 aromatic carbocycles. The quantitative estimate of drug-likeness (QED) is 0.754. The van der Waals surface area contributed by atoms with E-state index in [-0.39, 0.29) is 10.5 Å². The average molecular weight is 419 g/mol. The summed E-state index contributed by atoms with van der Waals surface area (Å²) >= 11 is 1.70. The summed E-state index contributed by atoms with van der Waals surface area (Å²) in [5, 5.41) is 1.14. The molecule has 0 N–H and O–H groups in total. The van der Waals surface area contributed by atoms with Gasteiger partial charge in [-0.05, 0) is 43.2 Å². The SMILES string of the molecule is Cc1cc(N2CCN(S(=O)(=O)c3ccc(CC(F)(F)F)cc3)CC2)sc1C. The summed E-state index contributed by atoms with van der Waals surface area (Å²) in [6, 6.07) is 7.09. The van der Waals surface area contributed by atoms with E-state index < -0.39 is 22.6 Å². The molecule has 0 spiro atoms. The highest BCUT2D eigenvalue weighted by atomic mass is 32.2. The number of piperazine rings is 1. The van der Waals surface area contributed by atoms with E-state index in [1.165, 1.54) is 39.0 Å². The van der Waals surface area contributed by atoms with Gasteiger partial charge in [0.15, 0.2) is 0 Å². The molecular weight excluding hydrogens is 397 g/mol. The largest absolute Gasteiger partial charge is 0.393 e. The third kappa shape index (κ3) is 4.64. The molecule has 0 atom stereocenters. The molecule has 0 radical (unpaired) electrons. The minimum absolute atomic E-state index is 0.0321. The van der Waals surface area contributed by atoms with Gasteiger partial charge in [-0.2, -0.15) is 17.5 Å². The topological polar surface area (TPSA) is 40.6 Å². The molecule has 1 aliphatic rings. The van der Waals surface area contributed by atoms with Gasteiger partial charge < -0.3 is 4.90 Å². The lowest BCUT2D eigenvalue weighted by atomic mass is 10.1. The van der Waals surface area contributed by atoms with Crippen molar-refractivity contribution in [2.45, 2.75) is 31.3 Å². The Morgan fingerprint density at radius 2 is 1.63 bits per heavy atom. The number of hydrogen-bond donors (Lipinski definition) is 0. The Labute approximate surface area is 161 Å². The summed E-state index contributed by atoms with van der Waals surface area (Å²) in [4.78, 5) is 3.45. The van der Waals surface area contributed by atoms with Crippen molar-refractivity contribution in [3.8, 4) is 0 Å². The van der Waals surface area contributed by atoms with Gasteiger partial charge in [-0.3, -0.25) is 0 Å². The first-order valence-corrected chi connectivity index (χ1v) is 10.8. The Morgan fingerprint density at radius 1 is 1.04 bits per heavy atom. The highest BCUT2D eigenvalue weighted by molar-refractivity contribution is 7.89. The molecule has 148 valence electrons. The van der Waals surface area contributed by atoms with Gasteiger partial charge in [0, 0.05) is 31.1 Å². The first kappa shape index (κ1) is 20.2. The van der Waals surface area contributed by atoms with Gasteiger partial charge in [0.05, 0.1) is 16.3 Å². The third-order valence-electron chi connectivity index (χ3n) is 4.67. The smallest absolute Gasteiger partial charge is 0.361 e. The van der Waals surface area contributed by atoms with E-state index in [9.17, 15) is 21.6 Å². The van der Waals surface area contributed by atoms with Crippen molar-refractivity contribution >= 4 is 26.4 Å². The van der Waals surface area contributed by atoms with Crippen LogP contribution in [-0.4, -0.2) is 45.1 Å². The van der Waals surface area contributed by atoms with Crippen LogP contribution in [0, 0.1) is 13.8 Å². The maximum atomic E-state index is 12.8. The van der Waals surface area contributed by atoms with E-state index in [0.29, 0.717) is 26.2 Å². The number of alkyl halides is 3. The summed E-state index contributed by atoms with van der Waals surface area (Å²) in [6.07, 6.45) is -5.37. The molecule has 1 aliphatic heterocycles. The fourth-order valence-corrected chi connectivity index (χ4v) is 5.52. The number of anilines is 1. The molecule has 2 aromatic rings. The summed E-state index contributed by atoms with van der Waals surface area (Å²) in [6.45, 7) is 5.99. The van der Waals surface area contributed by atoms with Crippen LogP contribution in [-0.2, 0) is 16.4 Å². The summed E-state index contributed by atoms with van der Waals surface area (Å²) in [7, 11) is -3.70. The van der Waals surface area contributed by atoms with Crippen LogP contribution in [0.1, 0.15) is 16.0 Å². The first-order valence-electron chi connectivity index (χ1n) is 8.54. The second kappa shape index (κ2) is 7.44. The zero-order valence-electron chi connectivity index (χ0n) is 15.1. The maximum absolute atomic E-state index is 12.8. The van der Waals surface area contributed by atoms with E-state index in [2.05, 4.69) is 24.8 Å². The van der Waals surface area contributed by atoms with Gasteiger partial charge in [0.1, 0.15) is 0 Å². The van der Waals surface area contributed by atoms with Crippen LogP contribution in [0.5, 0.6) is 0 Å². The summed E-state index contributed by atoms with van der Waals surface area (Å²) < 4.78 is 64.3. The van der Waals surface area contributed by atoms with Crippen LogP contribution >= 0.6 is 11.3 Å². The number of rotatable bonds is 4. The van der Waals surface area contributed by atoms with E-state index in [4.69, 9.17) is 0 Å². The predicted octanol–water partition coefficient (Wildman–Crippen LogP) is 3.98. The van der Waals surface area contributed by atoms with Crippen molar-refractivity contribution in [1.82, 2.24) is 4.31 Å². The molecule has 3 rings (SSSR count). The van der Waals surface area contributed by atoms with Crippen molar-refractivity contribution < 1.29 is 21.6 Å². The van der Waals surface area contributed by atoms with Crippen LogP contribution < -0.4 is 4.90 Å². The number of nitrogens with zero attached hydrogens (tertiary/aromatic N) is 2. The van der Waals surface area contributed by atoms with E-state index in [1.54, 1.807) is 11.3 Å². The molecule has 1 aromatic heterocycles. The van der Waals surface area contributed by atoms with Crippen LogP contribution in [0.15, 0.2) is 35.2 Å². The molecule has 0 aliphatic carbocycles. The summed E-state index contributed by atoms with van der Waals surface area (Å²) in [5.74, 6) is 0. The number of hydrogen-bond acceptors (Lipinski definition) is 4. The van der Waals surface area contributed by atoms with Gasteiger partial charge in [-0.1, -0.05) is 12.1 Å². The highest BCUT2D eigenvalue weighted by Crippen LogP contribution is 2.30. The second-order valence-electron chi connectivity index (χ2n) is 6.65. The van der Waals surface area contributed by atoms with Gasteiger partial charge in [0.2, 0.25) is 10.0 Å².